The van der Waals surface area contributed by atoms with Crippen molar-refractivity contribution in [3.8, 4) is 6.07 Å². The smallest absolute Gasteiger partial charge is 0.332 e. The number of halogens is 4. The number of benzene rings is 1. The van der Waals surface area contributed by atoms with E-state index in [9.17, 15) is 22.8 Å². The number of aryl methyl sites for hydroxylation is 1. The van der Waals surface area contributed by atoms with Crippen molar-refractivity contribution in [1.82, 2.24) is 4.57 Å². The van der Waals surface area contributed by atoms with Gasteiger partial charge in [-0.15, -0.1) is 0 Å². The monoisotopic (exact) mass is 547 g/mol. The Balaban J connectivity index is 2.14. The number of thiocarbonyl (C=S) groups is 1. The first-order valence-electron chi connectivity index (χ1n) is 11.6. The summed E-state index contributed by atoms with van der Waals surface area (Å²) < 4.78 is 57.4. The minimum atomic E-state index is -4.77. The number of carbonyl (C=O) groups is 2. The summed E-state index contributed by atoms with van der Waals surface area (Å²) in [6, 6.07) is 5.87. The highest BCUT2D eigenvalue weighted by Crippen LogP contribution is 2.41. The fourth-order valence-electron chi connectivity index (χ4n) is 4.19. The summed E-state index contributed by atoms with van der Waals surface area (Å²) in [5.74, 6) is -0.746. The Bertz CT molecular complexity index is 1380. The summed E-state index contributed by atoms with van der Waals surface area (Å²) in [6.45, 7) is 1.76. The molecular formula is C26H25F4N5O2S. The van der Waals surface area contributed by atoms with E-state index in [2.05, 4.69) is 4.99 Å². The average molecular weight is 548 g/mol. The summed E-state index contributed by atoms with van der Waals surface area (Å²) in [6.07, 6.45) is 1.15. The van der Waals surface area contributed by atoms with Crippen molar-refractivity contribution in [3.63, 3.8) is 0 Å². The van der Waals surface area contributed by atoms with Crippen LogP contribution in [0.15, 0.2) is 47.2 Å². The van der Waals surface area contributed by atoms with Crippen LogP contribution in [0.3, 0.4) is 0 Å². The van der Waals surface area contributed by atoms with Gasteiger partial charge in [0, 0.05) is 37.7 Å². The molecule has 0 amide bonds. The standard InChI is InChI=1S/C26H25F4N5O2S/c1-4-18(8-11-36)32-23-22(27)13-20(15-33(23)2)35(25(16-37)9-5-10-25)24(38)34(3)19-7-6-17(14-31)21(12-19)26(28,29)30/h6-8,11-13,15-16H,4-5,9-10H2,1-3H3/b18-8-,32-23-. The van der Waals surface area contributed by atoms with E-state index in [-0.39, 0.29) is 22.0 Å². The molecule has 7 nitrogen and oxygen atoms in total. The van der Waals surface area contributed by atoms with Crippen molar-refractivity contribution in [2.24, 2.45) is 12.0 Å². The number of hydrogen-bond acceptors (Lipinski definition) is 5. The number of hydrogen-bond donors (Lipinski definition) is 0. The first-order chi connectivity index (χ1) is 17.9. The lowest BCUT2D eigenvalue weighted by molar-refractivity contribution is -0.137. The van der Waals surface area contributed by atoms with Gasteiger partial charge in [0.2, 0.25) is 0 Å². The zero-order valence-corrected chi connectivity index (χ0v) is 21.7. The number of pyridine rings is 1. The van der Waals surface area contributed by atoms with Gasteiger partial charge in [0.05, 0.1) is 22.9 Å². The van der Waals surface area contributed by atoms with E-state index >= 15 is 4.39 Å². The number of nitrogens with zero attached hydrogens (tertiary/aromatic N) is 5. The number of aromatic nitrogens is 1. The quantitative estimate of drug-likeness (QED) is 0.215. The van der Waals surface area contributed by atoms with Crippen LogP contribution in [0, 0.1) is 17.1 Å². The summed E-state index contributed by atoms with van der Waals surface area (Å²) in [5.41, 5.74) is -2.23. The Morgan fingerprint density at radius 2 is 1.95 bits per heavy atom. The summed E-state index contributed by atoms with van der Waals surface area (Å²) >= 11 is 5.66. The van der Waals surface area contributed by atoms with Crippen LogP contribution in [0.5, 0.6) is 0 Å². The lowest BCUT2D eigenvalue weighted by Crippen LogP contribution is -2.61. The van der Waals surface area contributed by atoms with Crippen LogP contribution in [0.1, 0.15) is 43.7 Å². The summed E-state index contributed by atoms with van der Waals surface area (Å²) in [7, 11) is 2.97. The van der Waals surface area contributed by atoms with Gasteiger partial charge in [-0.2, -0.15) is 18.4 Å². The molecule has 1 saturated carbocycles. The Morgan fingerprint density at radius 3 is 2.42 bits per heavy atom. The number of rotatable bonds is 7. The largest absolute Gasteiger partial charge is 0.417 e. The molecule has 3 rings (SSSR count). The Kier molecular flexibility index (Phi) is 8.51. The maximum absolute atomic E-state index is 15.3. The number of aldehydes is 2. The number of anilines is 2. The van der Waals surface area contributed by atoms with Gasteiger partial charge in [-0.25, -0.2) is 9.38 Å². The van der Waals surface area contributed by atoms with Gasteiger partial charge in [-0.3, -0.25) is 4.79 Å². The maximum Gasteiger partial charge on any atom is 0.417 e. The molecule has 0 atom stereocenters. The first-order valence-corrected chi connectivity index (χ1v) is 12.0. The van der Waals surface area contributed by atoms with Crippen LogP contribution in [0.4, 0.5) is 28.9 Å². The molecule has 1 aliphatic rings. The van der Waals surface area contributed by atoms with E-state index in [1.54, 1.807) is 6.92 Å². The molecule has 1 aromatic heterocycles. The molecule has 2 aromatic rings. The third-order valence-corrected chi connectivity index (χ3v) is 6.91. The van der Waals surface area contributed by atoms with Gasteiger partial charge in [0.15, 0.2) is 16.4 Å². The lowest BCUT2D eigenvalue weighted by Gasteiger charge is -2.48. The number of allylic oxidation sites excluding steroid dienone is 2. The van der Waals surface area contributed by atoms with Crippen molar-refractivity contribution in [2.75, 3.05) is 16.8 Å². The summed E-state index contributed by atoms with van der Waals surface area (Å²) in [5, 5.41) is 9.07. The van der Waals surface area contributed by atoms with Crippen molar-refractivity contribution < 1.29 is 27.2 Å². The highest BCUT2D eigenvalue weighted by Gasteiger charge is 2.46. The second-order valence-corrected chi connectivity index (χ2v) is 9.20. The van der Waals surface area contributed by atoms with E-state index in [0.717, 1.165) is 24.5 Å². The molecule has 0 aliphatic heterocycles. The normalized spacial score (nSPS) is 15.3. The van der Waals surface area contributed by atoms with Crippen molar-refractivity contribution in [2.45, 2.75) is 44.3 Å². The third kappa shape index (κ3) is 5.52. The molecule has 12 heteroatoms. The fraction of sp³-hybridized carbons (Fsp3) is 0.346. The van der Waals surface area contributed by atoms with Crippen LogP contribution < -0.4 is 15.3 Å². The molecule has 0 unspecified atom stereocenters. The average Bonchev–Trinajstić information content (AvgIpc) is 2.85. The number of nitriles is 1. The lowest BCUT2D eigenvalue weighted by atomic mass is 9.76. The molecule has 1 aromatic carbocycles. The predicted octanol–water partition coefficient (Wildman–Crippen LogP) is 4.80. The van der Waals surface area contributed by atoms with Gasteiger partial charge < -0.3 is 19.2 Å². The number of carbonyl (C=O) groups excluding carboxylic acids is 2. The SMILES string of the molecule is CCC(=C/C=O)/N=c1/c(F)cc(N(C(=S)N(C)c2ccc(C#N)c(C(F)(F)F)c2)C2(C=O)CCC2)cn1C. The van der Waals surface area contributed by atoms with Crippen LogP contribution in [0.25, 0.3) is 0 Å². The Labute approximate surface area is 222 Å². The van der Waals surface area contributed by atoms with Crippen LogP contribution >= 0.6 is 12.2 Å². The van der Waals surface area contributed by atoms with Crippen LogP contribution in [-0.2, 0) is 22.8 Å². The second kappa shape index (κ2) is 11.3. The molecule has 200 valence electrons. The van der Waals surface area contributed by atoms with Gasteiger partial charge >= 0.3 is 6.18 Å². The maximum atomic E-state index is 15.3. The van der Waals surface area contributed by atoms with E-state index in [1.165, 1.54) is 52.9 Å². The highest BCUT2D eigenvalue weighted by atomic mass is 32.1. The number of alkyl halides is 3. The topological polar surface area (TPSA) is 81.7 Å². The van der Waals surface area contributed by atoms with E-state index < -0.39 is 28.7 Å². The van der Waals surface area contributed by atoms with Crippen molar-refractivity contribution in [3.05, 3.63) is 64.7 Å². The van der Waals surface area contributed by atoms with E-state index in [4.69, 9.17) is 17.5 Å². The molecule has 0 N–H and O–H groups in total. The zero-order chi connectivity index (χ0) is 28.3. The van der Waals surface area contributed by atoms with Gasteiger partial charge in [-0.05, 0) is 62.2 Å². The zero-order valence-electron chi connectivity index (χ0n) is 20.9. The van der Waals surface area contributed by atoms with E-state index in [1.807, 2.05) is 0 Å². The molecule has 1 heterocycles. The molecule has 0 spiro atoms. The van der Waals surface area contributed by atoms with E-state index in [0.29, 0.717) is 37.7 Å². The van der Waals surface area contributed by atoms with Crippen molar-refractivity contribution in [1.29, 1.82) is 5.26 Å². The molecular weight excluding hydrogens is 522 g/mol. The van der Waals surface area contributed by atoms with Gasteiger partial charge in [0.1, 0.15) is 18.1 Å². The highest BCUT2D eigenvalue weighted by molar-refractivity contribution is 7.80. The molecule has 38 heavy (non-hydrogen) atoms. The Hall–Kier alpha value is -3.85. The van der Waals surface area contributed by atoms with Crippen LogP contribution in [0.2, 0.25) is 0 Å². The summed E-state index contributed by atoms with van der Waals surface area (Å²) in [4.78, 5) is 30.1. The van der Waals surface area contributed by atoms with Crippen molar-refractivity contribution >= 4 is 41.3 Å². The molecule has 0 saturated heterocycles. The predicted molar refractivity (Wildman–Crippen MR) is 138 cm³/mol. The minimum absolute atomic E-state index is 0.0335. The van der Waals surface area contributed by atoms with Gasteiger partial charge in [0.25, 0.3) is 0 Å². The molecule has 0 bridgehead atoms. The molecule has 1 fully saturated rings. The minimum Gasteiger partial charge on any atom is -0.332 e. The Morgan fingerprint density at radius 1 is 1.26 bits per heavy atom. The van der Waals surface area contributed by atoms with Gasteiger partial charge in [-0.1, -0.05) is 6.92 Å². The molecule has 1 aliphatic carbocycles. The molecule has 0 radical (unpaired) electrons. The second-order valence-electron chi connectivity index (χ2n) is 8.83. The fourth-order valence-corrected chi connectivity index (χ4v) is 4.58. The third-order valence-electron chi connectivity index (χ3n) is 6.46. The van der Waals surface area contributed by atoms with Crippen LogP contribution in [-0.4, -0.2) is 34.8 Å². The first kappa shape index (κ1) is 28.7.